The second-order valence-electron chi connectivity index (χ2n) is 5.55. The zero-order chi connectivity index (χ0) is 15.4. The van der Waals surface area contributed by atoms with Crippen LogP contribution in [0, 0.1) is 12.7 Å². The molecule has 4 heteroatoms. The van der Waals surface area contributed by atoms with Crippen LogP contribution in [-0.2, 0) is 6.42 Å². The predicted octanol–water partition coefficient (Wildman–Crippen LogP) is 3.76. The van der Waals surface area contributed by atoms with Gasteiger partial charge in [0, 0.05) is 23.5 Å². The number of halogens is 1. The SMILES string of the molecule is Cc1ccc(F)cc1C(CN)N(C)C(C)Cc1cccs1. The second-order valence-corrected chi connectivity index (χ2v) is 6.58. The minimum atomic E-state index is -0.201. The minimum absolute atomic E-state index is 0.0377. The van der Waals surface area contributed by atoms with Crippen molar-refractivity contribution in [3.63, 3.8) is 0 Å². The predicted molar refractivity (Wildman–Crippen MR) is 88.2 cm³/mol. The fraction of sp³-hybridized carbons (Fsp3) is 0.412. The summed E-state index contributed by atoms with van der Waals surface area (Å²) >= 11 is 1.77. The van der Waals surface area contributed by atoms with E-state index in [4.69, 9.17) is 5.73 Å². The lowest BCUT2D eigenvalue weighted by atomic mass is 9.98. The van der Waals surface area contributed by atoms with Gasteiger partial charge in [0.15, 0.2) is 0 Å². The highest BCUT2D eigenvalue weighted by molar-refractivity contribution is 7.09. The van der Waals surface area contributed by atoms with Gasteiger partial charge in [-0.2, -0.15) is 0 Å². The average molecular weight is 306 g/mol. The summed E-state index contributed by atoms with van der Waals surface area (Å²) in [4.78, 5) is 3.61. The molecule has 2 nitrogen and oxygen atoms in total. The molecule has 0 bridgehead atoms. The van der Waals surface area contributed by atoms with Crippen LogP contribution in [0.25, 0.3) is 0 Å². The summed E-state index contributed by atoms with van der Waals surface area (Å²) in [6, 6.07) is 9.55. The Morgan fingerprint density at radius 1 is 1.33 bits per heavy atom. The largest absolute Gasteiger partial charge is 0.329 e. The Bertz CT molecular complexity index is 568. The van der Waals surface area contributed by atoms with E-state index in [1.807, 2.05) is 13.0 Å². The Morgan fingerprint density at radius 3 is 2.71 bits per heavy atom. The van der Waals surface area contributed by atoms with Gasteiger partial charge >= 0.3 is 0 Å². The van der Waals surface area contributed by atoms with Crippen LogP contribution in [-0.4, -0.2) is 24.5 Å². The van der Waals surface area contributed by atoms with Crippen LogP contribution in [0.2, 0.25) is 0 Å². The van der Waals surface area contributed by atoms with Gasteiger partial charge < -0.3 is 5.73 Å². The number of rotatable bonds is 6. The normalized spacial score (nSPS) is 14.4. The summed E-state index contributed by atoms with van der Waals surface area (Å²) in [6.45, 7) is 4.68. The first-order chi connectivity index (χ1) is 10.0. The topological polar surface area (TPSA) is 29.3 Å². The van der Waals surface area contributed by atoms with Gasteiger partial charge in [0.05, 0.1) is 0 Å². The van der Waals surface area contributed by atoms with E-state index in [0.29, 0.717) is 12.6 Å². The Hall–Kier alpha value is -1.23. The zero-order valence-corrected chi connectivity index (χ0v) is 13.7. The maximum absolute atomic E-state index is 13.6. The van der Waals surface area contributed by atoms with Crippen LogP contribution in [0.5, 0.6) is 0 Å². The molecule has 0 saturated carbocycles. The molecule has 21 heavy (non-hydrogen) atoms. The Morgan fingerprint density at radius 2 is 2.10 bits per heavy atom. The van der Waals surface area contributed by atoms with E-state index in [1.54, 1.807) is 17.4 Å². The molecule has 114 valence electrons. The van der Waals surface area contributed by atoms with Gasteiger partial charge in [-0.15, -0.1) is 11.3 Å². The van der Waals surface area contributed by atoms with Crippen LogP contribution in [0.4, 0.5) is 4.39 Å². The number of nitrogens with zero attached hydrogens (tertiary/aromatic N) is 1. The Balaban J connectivity index is 2.17. The van der Waals surface area contributed by atoms with Crippen LogP contribution >= 0.6 is 11.3 Å². The number of thiophene rings is 1. The lowest BCUT2D eigenvalue weighted by Gasteiger charge is -2.33. The molecule has 2 atom stereocenters. The first-order valence-corrected chi connectivity index (χ1v) is 8.11. The Labute approximate surface area is 130 Å². The van der Waals surface area contributed by atoms with E-state index < -0.39 is 0 Å². The summed E-state index contributed by atoms with van der Waals surface area (Å²) in [6.07, 6.45) is 0.985. The molecule has 2 unspecified atom stereocenters. The summed E-state index contributed by atoms with van der Waals surface area (Å²) in [7, 11) is 2.07. The van der Waals surface area contributed by atoms with Crippen LogP contribution in [0.1, 0.15) is 29.0 Å². The van der Waals surface area contributed by atoms with Gasteiger partial charge in [-0.05, 0) is 62.0 Å². The Kier molecular flexibility index (Phi) is 5.51. The molecule has 2 N–H and O–H groups in total. The zero-order valence-electron chi connectivity index (χ0n) is 12.8. The summed E-state index contributed by atoms with van der Waals surface area (Å²) in [5.41, 5.74) is 8.04. The molecule has 0 spiro atoms. The van der Waals surface area contributed by atoms with E-state index in [1.165, 1.54) is 10.9 Å². The van der Waals surface area contributed by atoms with E-state index >= 15 is 0 Å². The van der Waals surface area contributed by atoms with Crippen molar-refractivity contribution in [1.82, 2.24) is 4.90 Å². The average Bonchev–Trinajstić information content (AvgIpc) is 2.96. The van der Waals surface area contributed by atoms with Gasteiger partial charge in [0.25, 0.3) is 0 Å². The molecule has 0 amide bonds. The molecular weight excluding hydrogens is 283 g/mol. The van der Waals surface area contributed by atoms with Crippen molar-refractivity contribution in [3.8, 4) is 0 Å². The molecule has 0 aliphatic rings. The molecule has 1 aromatic heterocycles. The van der Waals surface area contributed by atoms with E-state index in [0.717, 1.165) is 17.5 Å². The molecule has 0 aliphatic carbocycles. The number of hydrogen-bond donors (Lipinski definition) is 1. The van der Waals surface area contributed by atoms with Crippen molar-refractivity contribution in [2.75, 3.05) is 13.6 Å². The van der Waals surface area contributed by atoms with Crippen molar-refractivity contribution in [1.29, 1.82) is 0 Å². The van der Waals surface area contributed by atoms with Crippen LogP contribution in [0.3, 0.4) is 0 Å². The maximum atomic E-state index is 13.6. The fourth-order valence-corrected chi connectivity index (χ4v) is 3.48. The molecule has 2 rings (SSSR count). The van der Waals surface area contributed by atoms with Gasteiger partial charge in [0.2, 0.25) is 0 Å². The van der Waals surface area contributed by atoms with Gasteiger partial charge in [-0.1, -0.05) is 12.1 Å². The van der Waals surface area contributed by atoms with Crippen molar-refractivity contribution >= 4 is 11.3 Å². The fourth-order valence-electron chi connectivity index (χ4n) is 2.65. The first-order valence-electron chi connectivity index (χ1n) is 7.23. The van der Waals surface area contributed by atoms with Gasteiger partial charge in [-0.25, -0.2) is 4.39 Å². The van der Waals surface area contributed by atoms with Gasteiger partial charge in [-0.3, -0.25) is 4.90 Å². The third-order valence-electron chi connectivity index (χ3n) is 4.09. The molecule has 0 saturated heterocycles. The third kappa shape index (κ3) is 3.90. The van der Waals surface area contributed by atoms with E-state index in [-0.39, 0.29) is 11.9 Å². The minimum Gasteiger partial charge on any atom is -0.329 e. The third-order valence-corrected chi connectivity index (χ3v) is 4.99. The highest BCUT2D eigenvalue weighted by atomic mass is 32.1. The summed E-state index contributed by atoms with van der Waals surface area (Å²) in [5.74, 6) is -0.201. The van der Waals surface area contributed by atoms with Crippen molar-refractivity contribution in [2.24, 2.45) is 5.73 Å². The highest BCUT2D eigenvalue weighted by Gasteiger charge is 2.22. The summed E-state index contributed by atoms with van der Waals surface area (Å²) in [5, 5.41) is 2.10. The first kappa shape index (κ1) is 16.1. The second kappa shape index (κ2) is 7.16. The van der Waals surface area contributed by atoms with Crippen LogP contribution < -0.4 is 5.73 Å². The molecule has 0 aliphatic heterocycles. The van der Waals surface area contributed by atoms with Gasteiger partial charge in [0.1, 0.15) is 5.82 Å². The van der Waals surface area contributed by atoms with Crippen LogP contribution in [0.15, 0.2) is 35.7 Å². The maximum Gasteiger partial charge on any atom is 0.123 e. The lowest BCUT2D eigenvalue weighted by Crippen LogP contribution is -2.38. The monoisotopic (exact) mass is 306 g/mol. The number of aryl methyl sites for hydroxylation is 1. The van der Waals surface area contributed by atoms with Crippen molar-refractivity contribution in [2.45, 2.75) is 32.4 Å². The molecule has 1 heterocycles. The number of hydrogen-bond acceptors (Lipinski definition) is 3. The van der Waals surface area contributed by atoms with E-state index in [2.05, 4.69) is 36.4 Å². The lowest BCUT2D eigenvalue weighted by molar-refractivity contribution is 0.187. The summed E-state index contributed by atoms with van der Waals surface area (Å²) < 4.78 is 13.6. The number of nitrogens with two attached hydrogens (primary N) is 1. The smallest absolute Gasteiger partial charge is 0.123 e. The molecule has 1 aromatic carbocycles. The highest BCUT2D eigenvalue weighted by Crippen LogP contribution is 2.26. The standard InChI is InChI=1S/C17H23FN2S/c1-12-6-7-14(18)10-16(12)17(11-19)20(3)13(2)9-15-5-4-8-21-15/h4-8,10,13,17H,9,11,19H2,1-3H3. The van der Waals surface area contributed by atoms with E-state index in [9.17, 15) is 4.39 Å². The molecule has 0 radical (unpaired) electrons. The number of likely N-dealkylation sites (N-methyl/N-ethyl adjacent to an activating group) is 1. The quantitative estimate of drug-likeness (QED) is 0.880. The van der Waals surface area contributed by atoms with Crippen molar-refractivity contribution < 1.29 is 4.39 Å². The van der Waals surface area contributed by atoms with Crippen molar-refractivity contribution in [3.05, 3.63) is 57.5 Å². The molecule has 2 aromatic rings. The number of benzene rings is 1. The molecular formula is C17H23FN2S. The molecule has 0 fully saturated rings.